The zero-order chi connectivity index (χ0) is 13.9. The van der Waals surface area contributed by atoms with Gasteiger partial charge in [0.2, 0.25) is 0 Å². The quantitative estimate of drug-likeness (QED) is 0.897. The molecule has 0 amide bonds. The second-order valence-electron chi connectivity index (χ2n) is 5.59. The fraction of sp³-hybridized carbons (Fsp3) is 0.444. The number of benzene rings is 2. The first kappa shape index (κ1) is 13.4. The van der Waals surface area contributed by atoms with E-state index in [0.29, 0.717) is 6.04 Å². The van der Waals surface area contributed by atoms with Crippen LogP contribution in [0.4, 0.5) is 0 Å². The number of methoxy groups -OCH3 is 1. The average Bonchev–Trinajstić information content (AvgIpc) is 2.52. The number of hydrogen-bond acceptors (Lipinski definition) is 2. The summed E-state index contributed by atoms with van der Waals surface area (Å²) in [5.41, 5.74) is 2.96. The van der Waals surface area contributed by atoms with Crippen LogP contribution >= 0.6 is 0 Å². The van der Waals surface area contributed by atoms with Crippen LogP contribution in [-0.2, 0) is 6.42 Å². The van der Waals surface area contributed by atoms with E-state index in [1.54, 1.807) is 7.11 Å². The van der Waals surface area contributed by atoms with Gasteiger partial charge in [-0.15, -0.1) is 0 Å². The van der Waals surface area contributed by atoms with Crippen molar-refractivity contribution in [3.8, 4) is 5.75 Å². The summed E-state index contributed by atoms with van der Waals surface area (Å²) < 4.78 is 5.62. The van der Waals surface area contributed by atoms with Gasteiger partial charge in [0.25, 0.3) is 0 Å². The minimum absolute atomic E-state index is 0.484. The molecule has 0 radical (unpaired) electrons. The Morgan fingerprint density at radius 3 is 2.80 bits per heavy atom. The Morgan fingerprint density at radius 2 is 2.05 bits per heavy atom. The molecule has 0 bridgehead atoms. The van der Waals surface area contributed by atoms with Crippen LogP contribution in [0.2, 0.25) is 0 Å². The van der Waals surface area contributed by atoms with Crippen molar-refractivity contribution in [1.29, 1.82) is 0 Å². The summed E-state index contributed by atoms with van der Waals surface area (Å²) in [4.78, 5) is 0. The van der Waals surface area contributed by atoms with Gasteiger partial charge in [0.05, 0.1) is 7.11 Å². The van der Waals surface area contributed by atoms with Gasteiger partial charge >= 0.3 is 0 Å². The molecule has 20 heavy (non-hydrogen) atoms. The van der Waals surface area contributed by atoms with Gasteiger partial charge in [0.15, 0.2) is 0 Å². The zero-order valence-corrected chi connectivity index (χ0v) is 12.4. The van der Waals surface area contributed by atoms with Crippen LogP contribution in [0.3, 0.4) is 0 Å². The number of fused-ring (bicyclic) bond motifs is 3. The predicted molar refractivity (Wildman–Crippen MR) is 84.5 cm³/mol. The van der Waals surface area contributed by atoms with E-state index in [1.165, 1.54) is 47.6 Å². The molecule has 1 atom stereocenters. The van der Waals surface area contributed by atoms with Crippen molar-refractivity contribution in [3.05, 3.63) is 41.5 Å². The van der Waals surface area contributed by atoms with E-state index < -0.39 is 0 Å². The van der Waals surface area contributed by atoms with Gasteiger partial charge in [-0.3, -0.25) is 0 Å². The first-order chi connectivity index (χ1) is 9.85. The fourth-order valence-corrected chi connectivity index (χ4v) is 3.35. The largest absolute Gasteiger partial charge is 0.496 e. The highest BCUT2D eigenvalue weighted by molar-refractivity contribution is 5.92. The summed E-state index contributed by atoms with van der Waals surface area (Å²) in [6.07, 6.45) is 4.86. The van der Waals surface area contributed by atoms with E-state index in [-0.39, 0.29) is 0 Å². The summed E-state index contributed by atoms with van der Waals surface area (Å²) >= 11 is 0. The van der Waals surface area contributed by atoms with Crippen molar-refractivity contribution >= 4 is 10.8 Å². The number of ether oxygens (including phenoxy) is 1. The minimum Gasteiger partial charge on any atom is -0.496 e. The van der Waals surface area contributed by atoms with Crippen molar-refractivity contribution in [2.24, 2.45) is 0 Å². The lowest BCUT2D eigenvalue weighted by Crippen LogP contribution is -2.26. The van der Waals surface area contributed by atoms with Crippen LogP contribution in [0.25, 0.3) is 10.8 Å². The number of rotatable bonds is 4. The van der Waals surface area contributed by atoms with E-state index in [9.17, 15) is 0 Å². The summed E-state index contributed by atoms with van der Waals surface area (Å²) in [6.45, 7) is 3.30. The van der Waals surface area contributed by atoms with Crippen molar-refractivity contribution in [2.75, 3.05) is 13.7 Å². The Morgan fingerprint density at radius 1 is 1.25 bits per heavy atom. The molecule has 0 heterocycles. The van der Waals surface area contributed by atoms with Gasteiger partial charge < -0.3 is 10.1 Å². The molecular weight excluding hydrogens is 246 g/mol. The van der Waals surface area contributed by atoms with Crippen LogP contribution in [0, 0.1) is 0 Å². The molecule has 0 aliphatic heterocycles. The second-order valence-corrected chi connectivity index (χ2v) is 5.59. The monoisotopic (exact) mass is 269 g/mol. The third-order valence-electron chi connectivity index (χ3n) is 4.31. The Kier molecular flexibility index (Phi) is 3.93. The van der Waals surface area contributed by atoms with Crippen LogP contribution in [0.5, 0.6) is 5.75 Å². The standard InChI is InChI=1S/C18H23NO/c1-3-11-19-17-10-6-9-14-13-7-4-5-8-15(13)18(20-2)12-16(14)17/h4-5,7-8,12,17,19H,3,6,9-11H2,1-2H3. The first-order valence-electron chi connectivity index (χ1n) is 7.67. The highest BCUT2D eigenvalue weighted by atomic mass is 16.5. The SMILES string of the molecule is CCCNC1CCCc2c1cc(OC)c1ccccc21. The zero-order valence-electron chi connectivity index (χ0n) is 12.4. The van der Waals surface area contributed by atoms with Gasteiger partial charge in [-0.05, 0) is 54.8 Å². The van der Waals surface area contributed by atoms with E-state index in [1.807, 2.05) is 0 Å². The molecule has 1 unspecified atom stereocenters. The van der Waals surface area contributed by atoms with Crippen molar-refractivity contribution in [1.82, 2.24) is 5.32 Å². The third kappa shape index (κ3) is 2.29. The van der Waals surface area contributed by atoms with Gasteiger partial charge in [0, 0.05) is 11.4 Å². The van der Waals surface area contributed by atoms with Gasteiger partial charge in [-0.2, -0.15) is 0 Å². The molecule has 3 rings (SSSR count). The second kappa shape index (κ2) is 5.84. The van der Waals surface area contributed by atoms with E-state index in [0.717, 1.165) is 12.3 Å². The molecule has 0 fully saturated rings. The van der Waals surface area contributed by atoms with Gasteiger partial charge in [0.1, 0.15) is 5.75 Å². The highest BCUT2D eigenvalue weighted by Crippen LogP contribution is 2.39. The van der Waals surface area contributed by atoms with Crippen LogP contribution in [0.1, 0.15) is 43.4 Å². The van der Waals surface area contributed by atoms with Gasteiger partial charge in [-0.1, -0.05) is 31.2 Å². The number of aryl methyl sites for hydroxylation is 1. The lowest BCUT2D eigenvalue weighted by Gasteiger charge is -2.28. The molecule has 2 heteroatoms. The van der Waals surface area contributed by atoms with Crippen LogP contribution < -0.4 is 10.1 Å². The molecule has 0 saturated carbocycles. The average molecular weight is 269 g/mol. The van der Waals surface area contributed by atoms with Crippen LogP contribution in [0.15, 0.2) is 30.3 Å². The molecule has 0 spiro atoms. The maximum Gasteiger partial charge on any atom is 0.127 e. The molecular formula is C18H23NO. The lowest BCUT2D eigenvalue weighted by atomic mass is 9.84. The molecule has 1 aliphatic rings. The normalized spacial score (nSPS) is 18.0. The van der Waals surface area contributed by atoms with Crippen molar-refractivity contribution in [2.45, 2.75) is 38.6 Å². The molecule has 106 valence electrons. The summed E-state index contributed by atoms with van der Waals surface area (Å²) in [7, 11) is 1.77. The topological polar surface area (TPSA) is 21.3 Å². The lowest BCUT2D eigenvalue weighted by molar-refractivity contribution is 0.414. The maximum absolute atomic E-state index is 5.62. The maximum atomic E-state index is 5.62. The number of hydrogen-bond donors (Lipinski definition) is 1. The van der Waals surface area contributed by atoms with E-state index in [2.05, 4.69) is 42.6 Å². The summed E-state index contributed by atoms with van der Waals surface area (Å²) in [5.74, 6) is 1.00. The Hall–Kier alpha value is -1.54. The Labute approximate surface area is 121 Å². The first-order valence-corrected chi connectivity index (χ1v) is 7.67. The Balaban J connectivity index is 2.14. The molecule has 2 nitrogen and oxygen atoms in total. The summed E-state index contributed by atoms with van der Waals surface area (Å²) in [6, 6.07) is 11.4. The highest BCUT2D eigenvalue weighted by Gasteiger charge is 2.23. The molecule has 2 aromatic rings. The van der Waals surface area contributed by atoms with Crippen molar-refractivity contribution < 1.29 is 4.74 Å². The van der Waals surface area contributed by atoms with E-state index in [4.69, 9.17) is 4.74 Å². The Bertz CT molecular complexity index is 606. The van der Waals surface area contributed by atoms with Crippen molar-refractivity contribution in [3.63, 3.8) is 0 Å². The smallest absolute Gasteiger partial charge is 0.127 e. The summed E-state index contributed by atoms with van der Waals surface area (Å²) in [5, 5.41) is 6.29. The fourth-order valence-electron chi connectivity index (χ4n) is 3.35. The molecule has 1 aliphatic carbocycles. The minimum atomic E-state index is 0.484. The van der Waals surface area contributed by atoms with Crippen LogP contribution in [-0.4, -0.2) is 13.7 Å². The third-order valence-corrected chi connectivity index (χ3v) is 4.31. The van der Waals surface area contributed by atoms with Gasteiger partial charge in [-0.25, -0.2) is 0 Å². The predicted octanol–water partition coefficient (Wildman–Crippen LogP) is 4.23. The molecule has 1 N–H and O–H groups in total. The van der Waals surface area contributed by atoms with E-state index >= 15 is 0 Å². The molecule has 0 saturated heterocycles. The molecule has 0 aromatic heterocycles. The number of nitrogens with one attached hydrogen (secondary N) is 1. The molecule has 2 aromatic carbocycles.